The fourth-order valence-electron chi connectivity index (χ4n) is 3.54. The topological polar surface area (TPSA) is 78.1 Å². The van der Waals surface area contributed by atoms with Gasteiger partial charge >= 0.3 is 0 Å². The van der Waals surface area contributed by atoms with Crippen molar-refractivity contribution in [1.29, 1.82) is 5.41 Å². The van der Waals surface area contributed by atoms with Crippen molar-refractivity contribution < 1.29 is 9.53 Å². The van der Waals surface area contributed by atoms with Crippen LogP contribution in [0.1, 0.15) is 29.7 Å². The SMILES string of the molecule is CC(Oc1ccc(/C=C2/C(=N)N3N=C(c4ccccc4Cl)SC3=NC2=O)cc1)c1ccccc1. The highest BCUT2D eigenvalue weighted by molar-refractivity contribution is 8.27. The third kappa shape index (κ3) is 4.40. The number of hydrogen-bond acceptors (Lipinski definition) is 5. The van der Waals surface area contributed by atoms with Crippen LogP contribution in [0.4, 0.5) is 0 Å². The van der Waals surface area contributed by atoms with Gasteiger partial charge in [-0.25, -0.2) is 0 Å². The molecule has 168 valence electrons. The Labute approximate surface area is 206 Å². The first-order valence-corrected chi connectivity index (χ1v) is 11.8. The van der Waals surface area contributed by atoms with Gasteiger partial charge in [0.15, 0.2) is 5.84 Å². The zero-order valence-corrected chi connectivity index (χ0v) is 19.7. The van der Waals surface area contributed by atoms with Gasteiger partial charge in [0.05, 0.1) is 10.6 Å². The van der Waals surface area contributed by atoms with Crippen molar-refractivity contribution >= 4 is 51.4 Å². The normalized spacial score (nSPS) is 17.4. The first kappa shape index (κ1) is 22.1. The molecule has 0 bridgehead atoms. The minimum Gasteiger partial charge on any atom is -0.486 e. The van der Waals surface area contributed by atoms with E-state index in [0.29, 0.717) is 21.0 Å². The van der Waals surface area contributed by atoms with E-state index >= 15 is 0 Å². The smallest absolute Gasteiger partial charge is 0.283 e. The van der Waals surface area contributed by atoms with Crippen molar-refractivity contribution in [2.75, 3.05) is 0 Å². The summed E-state index contributed by atoms with van der Waals surface area (Å²) in [6.07, 6.45) is 1.55. The summed E-state index contributed by atoms with van der Waals surface area (Å²) >= 11 is 7.51. The molecule has 0 saturated carbocycles. The Hall–Kier alpha value is -3.68. The van der Waals surface area contributed by atoms with Crippen LogP contribution in [0, 0.1) is 5.41 Å². The maximum Gasteiger partial charge on any atom is 0.283 e. The van der Waals surface area contributed by atoms with Crippen LogP contribution in [-0.2, 0) is 4.79 Å². The Bertz CT molecular complexity index is 1370. The molecule has 1 amide bonds. The molecule has 6 nitrogen and oxygen atoms in total. The Morgan fingerprint density at radius 3 is 2.47 bits per heavy atom. The van der Waals surface area contributed by atoms with Gasteiger partial charge in [-0.15, -0.1) is 0 Å². The summed E-state index contributed by atoms with van der Waals surface area (Å²) in [5, 5.41) is 15.9. The molecule has 3 aromatic carbocycles. The Morgan fingerprint density at radius 2 is 1.74 bits per heavy atom. The molecule has 0 aliphatic carbocycles. The van der Waals surface area contributed by atoms with E-state index in [2.05, 4.69) is 10.1 Å². The van der Waals surface area contributed by atoms with E-state index in [1.54, 1.807) is 12.1 Å². The third-order valence-electron chi connectivity index (χ3n) is 5.33. The fraction of sp³-hybridized carbons (Fsp3) is 0.0769. The van der Waals surface area contributed by atoms with Crippen LogP contribution in [0.3, 0.4) is 0 Å². The van der Waals surface area contributed by atoms with Crippen LogP contribution in [0.15, 0.2) is 94.5 Å². The lowest BCUT2D eigenvalue weighted by Crippen LogP contribution is -2.35. The number of rotatable bonds is 5. The van der Waals surface area contributed by atoms with Crippen molar-refractivity contribution in [2.45, 2.75) is 13.0 Å². The monoisotopic (exact) mass is 486 g/mol. The van der Waals surface area contributed by atoms with E-state index < -0.39 is 5.91 Å². The lowest BCUT2D eigenvalue weighted by molar-refractivity contribution is -0.114. The highest BCUT2D eigenvalue weighted by Gasteiger charge is 2.36. The molecule has 0 spiro atoms. The van der Waals surface area contributed by atoms with Crippen molar-refractivity contribution in [3.05, 3.63) is 106 Å². The number of aliphatic imine (C=N–C) groups is 1. The first-order chi connectivity index (χ1) is 16.5. The second-order valence-corrected chi connectivity index (χ2v) is 9.01. The van der Waals surface area contributed by atoms with Gasteiger partial charge in [0.1, 0.15) is 16.9 Å². The molecule has 5 rings (SSSR count). The minimum atomic E-state index is -0.475. The number of amidine groups is 2. The number of fused-ring (bicyclic) bond motifs is 1. The van der Waals surface area contributed by atoms with Gasteiger partial charge in [0.2, 0.25) is 5.17 Å². The lowest BCUT2D eigenvalue weighted by atomic mass is 10.1. The van der Waals surface area contributed by atoms with Gasteiger partial charge in [-0.2, -0.15) is 15.1 Å². The second-order valence-electron chi connectivity index (χ2n) is 7.64. The molecule has 0 fully saturated rings. The molecule has 0 saturated heterocycles. The number of hydrazone groups is 1. The Morgan fingerprint density at radius 1 is 1.03 bits per heavy atom. The van der Waals surface area contributed by atoms with E-state index in [-0.39, 0.29) is 17.5 Å². The molecule has 34 heavy (non-hydrogen) atoms. The van der Waals surface area contributed by atoms with Crippen LogP contribution < -0.4 is 4.74 Å². The molecule has 2 heterocycles. The van der Waals surface area contributed by atoms with Gasteiger partial charge in [-0.05, 0) is 54.1 Å². The molecule has 0 radical (unpaired) electrons. The predicted molar refractivity (Wildman–Crippen MR) is 137 cm³/mol. The number of halogens is 1. The van der Waals surface area contributed by atoms with Gasteiger partial charge in [0, 0.05) is 5.56 Å². The molecule has 8 heteroatoms. The van der Waals surface area contributed by atoms with Crippen LogP contribution in [-0.4, -0.2) is 27.0 Å². The zero-order valence-electron chi connectivity index (χ0n) is 18.1. The molecular formula is C26H19ClN4O2S. The number of carbonyl (C=O) groups is 1. The molecule has 3 aromatic rings. The first-order valence-electron chi connectivity index (χ1n) is 10.6. The lowest BCUT2D eigenvalue weighted by Gasteiger charge is -2.20. The molecule has 0 aromatic heterocycles. The minimum absolute atomic E-state index is 0.0254. The molecule has 1 unspecified atom stereocenters. The maximum atomic E-state index is 12.7. The zero-order chi connectivity index (χ0) is 23.7. The largest absolute Gasteiger partial charge is 0.486 e. The average Bonchev–Trinajstić information content (AvgIpc) is 3.27. The Kier molecular flexibility index (Phi) is 6.04. The number of hydrogen-bond donors (Lipinski definition) is 1. The van der Waals surface area contributed by atoms with Crippen LogP contribution in [0.2, 0.25) is 5.02 Å². The number of carbonyl (C=O) groups excluding carboxylic acids is 1. The molecule has 2 aliphatic heterocycles. The van der Waals surface area contributed by atoms with Gasteiger partial charge < -0.3 is 4.74 Å². The number of thioether (sulfide) groups is 1. The van der Waals surface area contributed by atoms with Crippen LogP contribution in [0.25, 0.3) is 6.08 Å². The molecular weight excluding hydrogens is 468 g/mol. The number of ether oxygens (including phenoxy) is 1. The molecule has 1 N–H and O–H groups in total. The summed E-state index contributed by atoms with van der Waals surface area (Å²) in [5.41, 5.74) is 2.75. The van der Waals surface area contributed by atoms with Crippen molar-refractivity contribution in [3.8, 4) is 5.75 Å². The molecule has 1 atom stereocenters. The van der Waals surface area contributed by atoms with E-state index in [1.807, 2.05) is 79.7 Å². The summed E-state index contributed by atoms with van der Waals surface area (Å²) in [6.45, 7) is 1.99. The number of amides is 1. The standard InChI is InChI=1S/C26H19ClN4O2S/c1-16(18-7-3-2-4-8-18)33-19-13-11-17(12-14-19)15-21-23(28)31-26(29-24(21)32)34-25(30-31)20-9-5-6-10-22(20)27/h2-16,28H,1H3/b21-15-,28-23?. The summed E-state index contributed by atoms with van der Waals surface area (Å²) in [4.78, 5) is 16.8. The van der Waals surface area contributed by atoms with E-state index in [9.17, 15) is 4.79 Å². The van der Waals surface area contributed by atoms with Crippen molar-refractivity contribution in [3.63, 3.8) is 0 Å². The fourth-order valence-corrected chi connectivity index (χ4v) is 4.75. The average molecular weight is 487 g/mol. The highest BCUT2D eigenvalue weighted by atomic mass is 35.5. The van der Waals surface area contributed by atoms with Crippen molar-refractivity contribution in [2.24, 2.45) is 10.1 Å². The Balaban J connectivity index is 1.35. The van der Waals surface area contributed by atoms with E-state index in [0.717, 1.165) is 16.7 Å². The predicted octanol–water partition coefficient (Wildman–Crippen LogP) is 6.15. The summed E-state index contributed by atoms with van der Waals surface area (Å²) in [5.74, 6) is 0.216. The number of nitrogens with zero attached hydrogens (tertiary/aromatic N) is 3. The van der Waals surface area contributed by atoms with Crippen LogP contribution >= 0.6 is 23.4 Å². The van der Waals surface area contributed by atoms with Crippen molar-refractivity contribution in [1.82, 2.24) is 5.01 Å². The molecule has 2 aliphatic rings. The summed E-state index contributed by atoms with van der Waals surface area (Å²) < 4.78 is 6.02. The second kappa shape index (κ2) is 9.29. The van der Waals surface area contributed by atoms with Gasteiger partial charge in [-0.1, -0.05) is 72.3 Å². The number of nitrogens with one attached hydrogen (secondary N) is 1. The quantitative estimate of drug-likeness (QED) is 0.439. The third-order valence-corrected chi connectivity index (χ3v) is 6.60. The highest BCUT2D eigenvalue weighted by Crippen LogP contribution is 2.33. The van der Waals surface area contributed by atoms with Crippen LogP contribution in [0.5, 0.6) is 5.75 Å². The number of benzene rings is 3. The summed E-state index contributed by atoms with van der Waals surface area (Å²) in [7, 11) is 0. The van der Waals surface area contributed by atoms with Gasteiger partial charge in [-0.3, -0.25) is 10.2 Å². The summed E-state index contributed by atoms with van der Waals surface area (Å²) in [6, 6.07) is 24.7. The maximum absolute atomic E-state index is 12.7. The van der Waals surface area contributed by atoms with E-state index in [4.69, 9.17) is 21.7 Å². The van der Waals surface area contributed by atoms with Gasteiger partial charge in [0.25, 0.3) is 5.91 Å². The van der Waals surface area contributed by atoms with E-state index in [1.165, 1.54) is 16.8 Å².